The molecule has 2 heterocycles. The lowest BCUT2D eigenvalue weighted by Crippen LogP contribution is -2.46. The summed E-state index contributed by atoms with van der Waals surface area (Å²) in [6, 6.07) is 19.9. The van der Waals surface area contributed by atoms with Crippen LogP contribution in [0, 0.1) is 5.41 Å². The minimum atomic E-state index is -0.424. The number of amides is 1. The van der Waals surface area contributed by atoms with Gasteiger partial charge in [0.15, 0.2) is 0 Å². The first-order chi connectivity index (χ1) is 14.5. The SMILES string of the molecule is CN(C)CC1CC2(CCN(C(=O)C(c3ccccc3)c3ccccc3)CC2)C(=O)O1. The molecule has 5 nitrogen and oxygen atoms in total. The second-order valence-corrected chi connectivity index (χ2v) is 8.85. The predicted octanol–water partition coefficient (Wildman–Crippen LogP) is 3.30. The number of cyclic esters (lactones) is 1. The Kier molecular flexibility index (Phi) is 5.91. The molecule has 0 N–H and O–H groups in total. The standard InChI is InChI=1S/C25H30N2O3/c1-26(2)18-21-17-25(24(29)30-21)13-15-27(16-14-25)23(28)22(19-9-5-3-6-10-19)20-11-7-4-8-12-20/h3-12,21-22H,13-18H2,1-2H3. The minimum absolute atomic E-state index is 0.0452. The Morgan fingerprint density at radius 1 is 1.03 bits per heavy atom. The Hall–Kier alpha value is -2.66. The van der Waals surface area contributed by atoms with Gasteiger partial charge < -0.3 is 14.5 Å². The van der Waals surface area contributed by atoms with Crippen LogP contribution in [-0.2, 0) is 14.3 Å². The molecule has 0 aliphatic carbocycles. The number of carbonyl (C=O) groups excluding carboxylic acids is 2. The van der Waals surface area contributed by atoms with E-state index in [9.17, 15) is 9.59 Å². The van der Waals surface area contributed by atoms with Crippen molar-refractivity contribution in [1.82, 2.24) is 9.80 Å². The maximum Gasteiger partial charge on any atom is 0.312 e. The van der Waals surface area contributed by atoms with Gasteiger partial charge in [-0.1, -0.05) is 60.7 Å². The lowest BCUT2D eigenvalue weighted by atomic mass is 9.75. The van der Waals surface area contributed by atoms with Crippen LogP contribution in [0.3, 0.4) is 0 Å². The molecule has 0 saturated carbocycles. The molecule has 2 aliphatic heterocycles. The van der Waals surface area contributed by atoms with Crippen molar-refractivity contribution in [3.05, 3.63) is 71.8 Å². The summed E-state index contributed by atoms with van der Waals surface area (Å²) >= 11 is 0. The van der Waals surface area contributed by atoms with Crippen LogP contribution in [-0.4, -0.2) is 61.5 Å². The normalized spacial score (nSPS) is 20.7. The molecule has 0 radical (unpaired) electrons. The summed E-state index contributed by atoms with van der Waals surface area (Å²) in [5, 5.41) is 0. The zero-order chi connectivity index (χ0) is 21.1. The molecule has 30 heavy (non-hydrogen) atoms. The smallest absolute Gasteiger partial charge is 0.312 e. The minimum Gasteiger partial charge on any atom is -0.461 e. The van der Waals surface area contributed by atoms with Crippen LogP contribution in [0.2, 0.25) is 0 Å². The van der Waals surface area contributed by atoms with Crippen LogP contribution in [0.15, 0.2) is 60.7 Å². The Morgan fingerprint density at radius 3 is 2.07 bits per heavy atom. The van der Waals surface area contributed by atoms with Gasteiger partial charge in [0.05, 0.1) is 11.3 Å². The molecule has 2 aromatic rings. The van der Waals surface area contributed by atoms with Crippen molar-refractivity contribution in [2.24, 2.45) is 5.41 Å². The average Bonchev–Trinajstić information content (AvgIpc) is 3.04. The number of ether oxygens (including phenoxy) is 1. The molecule has 1 unspecified atom stereocenters. The Bertz CT molecular complexity index is 834. The first kappa shape index (κ1) is 20.6. The van der Waals surface area contributed by atoms with Gasteiger partial charge in [-0.2, -0.15) is 0 Å². The van der Waals surface area contributed by atoms with Gasteiger partial charge >= 0.3 is 5.97 Å². The molecule has 2 saturated heterocycles. The molecule has 0 bridgehead atoms. The summed E-state index contributed by atoms with van der Waals surface area (Å²) in [6.45, 7) is 1.94. The number of benzene rings is 2. The molecule has 1 spiro atoms. The number of rotatable bonds is 5. The lowest BCUT2D eigenvalue weighted by molar-refractivity contribution is -0.152. The molecular weight excluding hydrogens is 376 g/mol. The van der Waals surface area contributed by atoms with Crippen LogP contribution < -0.4 is 0 Å². The van der Waals surface area contributed by atoms with Gasteiger partial charge in [0.1, 0.15) is 6.10 Å². The summed E-state index contributed by atoms with van der Waals surface area (Å²) < 4.78 is 5.66. The van der Waals surface area contributed by atoms with Crippen molar-refractivity contribution in [1.29, 1.82) is 0 Å². The van der Waals surface area contributed by atoms with Crippen molar-refractivity contribution < 1.29 is 14.3 Å². The third-order valence-electron chi connectivity index (χ3n) is 6.44. The lowest BCUT2D eigenvalue weighted by Gasteiger charge is -2.38. The number of piperidine rings is 1. The van der Waals surface area contributed by atoms with E-state index >= 15 is 0 Å². The van der Waals surface area contributed by atoms with Crippen LogP contribution in [0.5, 0.6) is 0 Å². The molecule has 0 aromatic heterocycles. The highest BCUT2D eigenvalue weighted by molar-refractivity contribution is 5.88. The van der Waals surface area contributed by atoms with Gasteiger partial charge in [0.2, 0.25) is 5.91 Å². The van der Waals surface area contributed by atoms with E-state index in [4.69, 9.17) is 4.74 Å². The van der Waals surface area contributed by atoms with Gasteiger partial charge in [-0.25, -0.2) is 0 Å². The van der Waals surface area contributed by atoms with E-state index in [0.717, 1.165) is 24.1 Å². The summed E-state index contributed by atoms with van der Waals surface area (Å²) in [6.07, 6.45) is 2.07. The van der Waals surface area contributed by atoms with Gasteiger partial charge in [-0.05, 0) is 38.1 Å². The predicted molar refractivity (Wildman–Crippen MR) is 116 cm³/mol. The monoisotopic (exact) mass is 406 g/mol. The molecule has 1 amide bonds. The number of likely N-dealkylation sites (tertiary alicyclic amines) is 1. The van der Waals surface area contributed by atoms with Crippen LogP contribution >= 0.6 is 0 Å². The Labute approximate surface area is 178 Å². The third-order valence-corrected chi connectivity index (χ3v) is 6.44. The van der Waals surface area contributed by atoms with E-state index in [-0.39, 0.29) is 23.9 Å². The second kappa shape index (κ2) is 8.60. The third kappa shape index (κ3) is 4.12. The molecule has 1 atom stereocenters. The highest BCUT2D eigenvalue weighted by atomic mass is 16.6. The van der Waals surface area contributed by atoms with Gasteiger partial charge in [0.25, 0.3) is 0 Å². The van der Waals surface area contributed by atoms with E-state index in [1.54, 1.807) is 0 Å². The number of likely N-dealkylation sites (N-methyl/N-ethyl adjacent to an activating group) is 1. The summed E-state index contributed by atoms with van der Waals surface area (Å²) in [5.41, 5.74) is 1.58. The first-order valence-corrected chi connectivity index (χ1v) is 10.7. The van der Waals surface area contributed by atoms with Crippen molar-refractivity contribution in [3.63, 3.8) is 0 Å². The highest BCUT2D eigenvalue weighted by Crippen LogP contribution is 2.43. The van der Waals surface area contributed by atoms with Gasteiger partial charge in [0, 0.05) is 26.1 Å². The van der Waals surface area contributed by atoms with Crippen LogP contribution in [0.1, 0.15) is 36.3 Å². The fraction of sp³-hybridized carbons (Fsp3) is 0.440. The van der Waals surface area contributed by atoms with Crippen molar-refractivity contribution in [2.45, 2.75) is 31.3 Å². The fourth-order valence-corrected chi connectivity index (χ4v) is 4.86. The molecule has 158 valence electrons. The maximum absolute atomic E-state index is 13.6. The van der Waals surface area contributed by atoms with Crippen LogP contribution in [0.25, 0.3) is 0 Å². The van der Waals surface area contributed by atoms with Crippen LogP contribution in [0.4, 0.5) is 0 Å². The number of hydrogen-bond acceptors (Lipinski definition) is 4. The molecule has 2 fully saturated rings. The topological polar surface area (TPSA) is 49.9 Å². The van der Waals surface area contributed by atoms with E-state index in [1.165, 1.54) is 0 Å². The molecule has 2 aromatic carbocycles. The van der Waals surface area contributed by atoms with Crippen molar-refractivity contribution in [2.75, 3.05) is 33.7 Å². The van der Waals surface area contributed by atoms with E-state index in [2.05, 4.69) is 4.90 Å². The number of hydrogen-bond donors (Lipinski definition) is 0. The zero-order valence-electron chi connectivity index (χ0n) is 17.8. The highest BCUT2D eigenvalue weighted by Gasteiger charge is 2.51. The zero-order valence-corrected chi connectivity index (χ0v) is 17.8. The largest absolute Gasteiger partial charge is 0.461 e. The van der Waals surface area contributed by atoms with E-state index in [1.807, 2.05) is 79.7 Å². The van der Waals surface area contributed by atoms with Gasteiger partial charge in [-0.15, -0.1) is 0 Å². The number of carbonyl (C=O) groups is 2. The molecule has 4 rings (SSSR count). The van der Waals surface area contributed by atoms with E-state index < -0.39 is 5.41 Å². The first-order valence-electron chi connectivity index (χ1n) is 10.7. The quantitative estimate of drug-likeness (QED) is 0.715. The second-order valence-electron chi connectivity index (χ2n) is 8.85. The van der Waals surface area contributed by atoms with Crippen molar-refractivity contribution in [3.8, 4) is 0 Å². The summed E-state index contributed by atoms with van der Waals surface area (Å²) in [5.74, 6) is -0.291. The summed E-state index contributed by atoms with van der Waals surface area (Å²) in [4.78, 5) is 30.2. The maximum atomic E-state index is 13.6. The average molecular weight is 407 g/mol. The molecular formula is C25H30N2O3. The van der Waals surface area contributed by atoms with Gasteiger partial charge in [-0.3, -0.25) is 9.59 Å². The number of nitrogens with zero attached hydrogens (tertiary/aromatic N) is 2. The fourth-order valence-electron chi connectivity index (χ4n) is 4.86. The Balaban J connectivity index is 1.49. The molecule has 5 heteroatoms. The summed E-state index contributed by atoms with van der Waals surface area (Å²) in [7, 11) is 3.99. The number of esters is 1. The van der Waals surface area contributed by atoms with E-state index in [0.29, 0.717) is 25.9 Å². The Morgan fingerprint density at radius 2 is 1.57 bits per heavy atom. The molecule has 2 aliphatic rings. The van der Waals surface area contributed by atoms with Crippen molar-refractivity contribution >= 4 is 11.9 Å².